The molecule has 0 aliphatic heterocycles. The van der Waals surface area contributed by atoms with Crippen molar-refractivity contribution in [3.05, 3.63) is 46.8 Å². The van der Waals surface area contributed by atoms with Crippen LogP contribution in [0.5, 0.6) is 0 Å². The molecule has 0 amide bonds. The summed E-state index contributed by atoms with van der Waals surface area (Å²) < 4.78 is 0. The Kier molecular flexibility index (Phi) is 3.08. The van der Waals surface area contributed by atoms with Crippen LogP contribution in [0.2, 0.25) is 0 Å². The Balaban J connectivity index is 2.03. The van der Waals surface area contributed by atoms with E-state index < -0.39 is 0 Å². The molecule has 0 saturated carbocycles. The van der Waals surface area contributed by atoms with Gasteiger partial charge in [-0.25, -0.2) is 0 Å². The Labute approximate surface area is 98.1 Å². The van der Waals surface area contributed by atoms with Crippen molar-refractivity contribution in [3.63, 3.8) is 0 Å². The Morgan fingerprint density at radius 1 is 1.31 bits per heavy atom. The van der Waals surface area contributed by atoms with Crippen molar-refractivity contribution in [2.45, 2.75) is 6.54 Å². The second kappa shape index (κ2) is 4.69. The van der Waals surface area contributed by atoms with Gasteiger partial charge < -0.3 is 11.1 Å². The third-order valence-electron chi connectivity index (χ3n) is 2.17. The van der Waals surface area contributed by atoms with Crippen LogP contribution in [0.3, 0.4) is 0 Å². The molecule has 2 rings (SSSR count). The van der Waals surface area contributed by atoms with Crippen molar-refractivity contribution in [2.75, 3.05) is 11.1 Å². The first-order valence-corrected chi connectivity index (χ1v) is 5.68. The van der Waals surface area contributed by atoms with Gasteiger partial charge in [0.15, 0.2) is 0 Å². The first kappa shape index (κ1) is 10.5. The summed E-state index contributed by atoms with van der Waals surface area (Å²) in [6, 6.07) is 14.0. The van der Waals surface area contributed by atoms with Crippen LogP contribution in [0, 0.1) is 11.3 Å². The van der Waals surface area contributed by atoms with E-state index in [2.05, 4.69) is 23.5 Å². The molecule has 0 bridgehead atoms. The lowest BCUT2D eigenvalue weighted by atomic mass is 10.2. The Bertz CT molecular complexity index is 511. The quantitative estimate of drug-likeness (QED) is 0.850. The first-order chi connectivity index (χ1) is 7.79. The number of benzene rings is 1. The Hall–Kier alpha value is -1.99. The van der Waals surface area contributed by atoms with Gasteiger partial charge in [-0.05, 0) is 11.6 Å². The molecule has 1 aromatic heterocycles. The minimum Gasteiger partial charge on any atom is -0.397 e. The second-order valence-electron chi connectivity index (χ2n) is 3.35. The van der Waals surface area contributed by atoms with E-state index in [-0.39, 0.29) is 0 Å². The highest BCUT2D eigenvalue weighted by Crippen LogP contribution is 2.28. The van der Waals surface area contributed by atoms with Crippen LogP contribution in [0.1, 0.15) is 10.4 Å². The smallest absolute Gasteiger partial charge is 0.129 e. The van der Waals surface area contributed by atoms with Gasteiger partial charge in [0.25, 0.3) is 0 Å². The molecule has 0 aliphatic rings. The molecule has 3 nitrogen and oxygen atoms in total. The topological polar surface area (TPSA) is 61.8 Å². The van der Waals surface area contributed by atoms with E-state index in [1.165, 1.54) is 16.9 Å². The van der Waals surface area contributed by atoms with Gasteiger partial charge in [0.05, 0.1) is 10.7 Å². The summed E-state index contributed by atoms with van der Waals surface area (Å²) in [4.78, 5) is 0.565. The molecular formula is C12H11N3S. The van der Waals surface area contributed by atoms with Crippen molar-refractivity contribution >= 4 is 22.0 Å². The van der Waals surface area contributed by atoms with Crippen molar-refractivity contribution in [2.24, 2.45) is 0 Å². The Morgan fingerprint density at radius 2 is 2.06 bits per heavy atom. The van der Waals surface area contributed by atoms with Crippen LogP contribution >= 0.6 is 11.3 Å². The first-order valence-electron chi connectivity index (χ1n) is 4.87. The third kappa shape index (κ3) is 2.33. The zero-order valence-corrected chi connectivity index (χ0v) is 9.42. The van der Waals surface area contributed by atoms with E-state index >= 15 is 0 Å². The summed E-state index contributed by atoms with van der Waals surface area (Å²) in [6.07, 6.45) is 0. The molecule has 0 radical (unpaired) electrons. The lowest BCUT2D eigenvalue weighted by Gasteiger charge is -2.02. The maximum absolute atomic E-state index is 8.77. The van der Waals surface area contributed by atoms with Gasteiger partial charge in [0, 0.05) is 6.54 Å². The third-order valence-corrected chi connectivity index (χ3v) is 3.19. The molecule has 4 heteroatoms. The molecule has 0 saturated heterocycles. The van der Waals surface area contributed by atoms with Crippen LogP contribution in [0.15, 0.2) is 36.4 Å². The molecule has 2 aromatic rings. The highest BCUT2D eigenvalue weighted by Gasteiger charge is 2.04. The zero-order chi connectivity index (χ0) is 11.4. The van der Waals surface area contributed by atoms with Gasteiger partial charge in [0.1, 0.15) is 10.9 Å². The van der Waals surface area contributed by atoms with Gasteiger partial charge >= 0.3 is 0 Å². The summed E-state index contributed by atoms with van der Waals surface area (Å²) in [7, 11) is 0. The summed E-state index contributed by atoms with van der Waals surface area (Å²) in [5.74, 6) is 0. The van der Waals surface area contributed by atoms with Crippen LogP contribution < -0.4 is 11.1 Å². The zero-order valence-electron chi connectivity index (χ0n) is 8.60. The minimum atomic E-state index is 0.545. The number of nitrogen functional groups attached to an aromatic ring is 1. The van der Waals surface area contributed by atoms with E-state index in [9.17, 15) is 0 Å². The van der Waals surface area contributed by atoms with Gasteiger partial charge in [-0.2, -0.15) is 5.26 Å². The average molecular weight is 229 g/mol. The molecule has 0 aliphatic carbocycles. The van der Waals surface area contributed by atoms with E-state index in [1.807, 2.05) is 18.2 Å². The molecule has 0 fully saturated rings. The van der Waals surface area contributed by atoms with E-state index in [0.717, 1.165) is 11.5 Å². The van der Waals surface area contributed by atoms with Crippen molar-refractivity contribution in [1.29, 1.82) is 5.26 Å². The number of nitrogens with zero attached hydrogens (tertiary/aromatic N) is 1. The highest BCUT2D eigenvalue weighted by molar-refractivity contribution is 7.17. The summed E-state index contributed by atoms with van der Waals surface area (Å²) in [5.41, 5.74) is 7.42. The van der Waals surface area contributed by atoms with E-state index in [4.69, 9.17) is 11.0 Å². The molecule has 16 heavy (non-hydrogen) atoms. The van der Waals surface area contributed by atoms with Crippen molar-refractivity contribution in [1.82, 2.24) is 0 Å². The van der Waals surface area contributed by atoms with Crippen LogP contribution in [0.25, 0.3) is 0 Å². The molecule has 0 unspecified atom stereocenters. The van der Waals surface area contributed by atoms with Gasteiger partial charge in [-0.1, -0.05) is 30.3 Å². The normalized spacial score (nSPS) is 9.69. The molecule has 1 heterocycles. The van der Waals surface area contributed by atoms with Crippen molar-refractivity contribution < 1.29 is 0 Å². The molecule has 0 spiro atoms. The fraction of sp³-hybridized carbons (Fsp3) is 0.0833. The largest absolute Gasteiger partial charge is 0.397 e. The number of anilines is 2. The van der Waals surface area contributed by atoms with E-state index in [0.29, 0.717) is 10.6 Å². The number of nitriles is 1. The number of nitrogens with one attached hydrogen (secondary N) is 1. The maximum atomic E-state index is 8.77. The number of nitrogens with two attached hydrogens (primary N) is 1. The summed E-state index contributed by atoms with van der Waals surface area (Å²) in [6.45, 7) is 0.742. The molecule has 1 aromatic carbocycles. The average Bonchev–Trinajstić information content (AvgIpc) is 2.69. The van der Waals surface area contributed by atoms with E-state index in [1.54, 1.807) is 6.07 Å². The minimum absolute atomic E-state index is 0.545. The SMILES string of the molecule is N#Cc1sc(NCc2ccccc2)cc1N. The molecule has 0 atom stereocenters. The molecule has 80 valence electrons. The standard InChI is InChI=1S/C12H11N3S/c13-7-11-10(14)6-12(16-11)15-8-9-4-2-1-3-5-9/h1-6,15H,8,14H2. The number of thiophene rings is 1. The fourth-order valence-corrected chi connectivity index (χ4v) is 2.14. The maximum Gasteiger partial charge on any atom is 0.129 e. The van der Waals surface area contributed by atoms with Crippen molar-refractivity contribution in [3.8, 4) is 6.07 Å². The van der Waals surface area contributed by atoms with Gasteiger partial charge in [-0.15, -0.1) is 11.3 Å². The lowest BCUT2D eigenvalue weighted by molar-refractivity contribution is 1.16. The monoisotopic (exact) mass is 229 g/mol. The van der Waals surface area contributed by atoms with Crippen LogP contribution in [0.4, 0.5) is 10.7 Å². The lowest BCUT2D eigenvalue weighted by Crippen LogP contribution is -1.96. The van der Waals surface area contributed by atoms with Gasteiger partial charge in [-0.3, -0.25) is 0 Å². The van der Waals surface area contributed by atoms with Crippen LogP contribution in [-0.4, -0.2) is 0 Å². The summed E-state index contributed by atoms with van der Waals surface area (Å²) in [5, 5.41) is 12.9. The van der Waals surface area contributed by atoms with Gasteiger partial charge in [0.2, 0.25) is 0 Å². The number of hydrogen-bond donors (Lipinski definition) is 2. The second-order valence-corrected chi connectivity index (χ2v) is 4.40. The molecule has 3 N–H and O–H groups in total. The van der Waals surface area contributed by atoms with Crippen LogP contribution in [-0.2, 0) is 6.54 Å². The fourth-order valence-electron chi connectivity index (χ4n) is 1.36. The predicted molar refractivity (Wildman–Crippen MR) is 67.2 cm³/mol. The number of hydrogen-bond acceptors (Lipinski definition) is 4. The number of rotatable bonds is 3. The predicted octanol–water partition coefficient (Wildman–Crippen LogP) is 2.81. The molecular weight excluding hydrogens is 218 g/mol. The highest BCUT2D eigenvalue weighted by atomic mass is 32.1. The summed E-state index contributed by atoms with van der Waals surface area (Å²) >= 11 is 1.38. The Morgan fingerprint density at radius 3 is 2.69 bits per heavy atom.